The number of nitrogens with two attached hydrogens (primary N) is 1. The van der Waals surface area contributed by atoms with Gasteiger partial charge < -0.3 is 5.73 Å². The molecule has 0 saturated carbocycles. The van der Waals surface area contributed by atoms with E-state index in [1.165, 1.54) is 0 Å². The molecule has 0 bridgehead atoms. The third-order valence-corrected chi connectivity index (χ3v) is 3.59. The molecule has 20 heavy (non-hydrogen) atoms. The topological polar surface area (TPSA) is 56.7 Å². The number of pyridine rings is 1. The van der Waals surface area contributed by atoms with Crippen LogP contribution in [-0.4, -0.2) is 14.8 Å². The van der Waals surface area contributed by atoms with Crippen LogP contribution in [0.1, 0.15) is 29.8 Å². The van der Waals surface area contributed by atoms with Gasteiger partial charge in [-0.05, 0) is 30.2 Å². The molecule has 4 nitrogen and oxygen atoms in total. The molecule has 0 aliphatic carbocycles. The van der Waals surface area contributed by atoms with Gasteiger partial charge in [-0.2, -0.15) is 5.10 Å². The molecule has 0 amide bonds. The zero-order valence-corrected chi connectivity index (χ0v) is 11.7. The second kappa shape index (κ2) is 5.06. The van der Waals surface area contributed by atoms with Crippen molar-refractivity contribution in [1.29, 1.82) is 0 Å². The van der Waals surface area contributed by atoms with Crippen molar-refractivity contribution in [1.82, 2.24) is 14.8 Å². The molecule has 0 aliphatic heterocycles. The SMILES string of the molecule is CCc1nn(C)cc1C(N)c1ccc2ncccc2c1. The molecule has 4 heteroatoms. The summed E-state index contributed by atoms with van der Waals surface area (Å²) in [7, 11) is 1.93. The highest BCUT2D eigenvalue weighted by Gasteiger charge is 2.16. The van der Waals surface area contributed by atoms with Crippen molar-refractivity contribution in [3.8, 4) is 0 Å². The van der Waals surface area contributed by atoms with Crippen molar-refractivity contribution >= 4 is 10.9 Å². The molecule has 1 unspecified atom stereocenters. The summed E-state index contributed by atoms with van der Waals surface area (Å²) in [4.78, 5) is 4.33. The summed E-state index contributed by atoms with van der Waals surface area (Å²) in [5.74, 6) is 0. The Hall–Kier alpha value is -2.20. The van der Waals surface area contributed by atoms with Crippen molar-refractivity contribution in [3.63, 3.8) is 0 Å². The maximum absolute atomic E-state index is 6.42. The molecule has 0 fully saturated rings. The van der Waals surface area contributed by atoms with Crippen molar-refractivity contribution < 1.29 is 0 Å². The summed E-state index contributed by atoms with van der Waals surface area (Å²) in [6.07, 6.45) is 4.70. The minimum atomic E-state index is -0.150. The Labute approximate surface area is 118 Å². The number of aromatic nitrogens is 3. The van der Waals surface area contributed by atoms with Crippen LogP contribution in [0.15, 0.2) is 42.7 Å². The molecule has 2 aromatic heterocycles. The van der Waals surface area contributed by atoms with Gasteiger partial charge >= 0.3 is 0 Å². The van der Waals surface area contributed by atoms with Crippen LogP contribution < -0.4 is 5.73 Å². The van der Waals surface area contributed by atoms with E-state index in [0.29, 0.717) is 0 Å². The number of rotatable bonds is 3. The van der Waals surface area contributed by atoms with E-state index in [9.17, 15) is 0 Å². The van der Waals surface area contributed by atoms with E-state index in [0.717, 1.165) is 34.1 Å². The highest BCUT2D eigenvalue weighted by atomic mass is 15.3. The van der Waals surface area contributed by atoms with Crippen LogP contribution in [0.5, 0.6) is 0 Å². The molecule has 3 rings (SSSR count). The number of nitrogens with zero attached hydrogens (tertiary/aromatic N) is 3. The molecule has 0 saturated heterocycles. The second-order valence-corrected chi connectivity index (χ2v) is 4.99. The number of fused-ring (bicyclic) bond motifs is 1. The van der Waals surface area contributed by atoms with Crippen LogP contribution in [0, 0.1) is 0 Å². The molecular weight excluding hydrogens is 248 g/mol. The standard InChI is InChI=1S/C16H18N4/c1-3-14-13(10-20(2)19-14)16(17)12-6-7-15-11(9-12)5-4-8-18-15/h4-10,16H,3,17H2,1-2H3. The van der Waals surface area contributed by atoms with E-state index in [-0.39, 0.29) is 6.04 Å². The molecule has 102 valence electrons. The number of hydrogen-bond acceptors (Lipinski definition) is 3. The fourth-order valence-electron chi connectivity index (χ4n) is 2.55. The minimum Gasteiger partial charge on any atom is -0.320 e. The van der Waals surface area contributed by atoms with E-state index in [1.54, 1.807) is 6.20 Å². The first-order chi connectivity index (χ1) is 9.69. The van der Waals surface area contributed by atoms with E-state index in [1.807, 2.05) is 36.1 Å². The van der Waals surface area contributed by atoms with E-state index < -0.39 is 0 Å². The fourth-order valence-corrected chi connectivity index (χ4v) is 2.55. The molecule has 2 heterocycles. The van der Waals surface area contributed by atoms with Gasteiger partial charge in [-0.25, -0.2) is 0 Å². The van der Waals surface area contributed by atoms with Gasteiger partial charge in [0, 0.05) is 30.4 Å². The lowest BCUT2D eigenvalue weighted by atomic mass is 9.98. The average Bonchev–Trinajstić information content (AvgIpc) is 2.87. The second-order valence-electron chi connectivity index (χ2n) is 4.99. The summed E-state index contributed by atoms with van der Waals surface area (Å²) in [5.41, 5.74) is 10.7. The van der Waals surface area contributed by atoms with Crippen molar-refractivity contribution in [2.24, 2.45) is 12.8 Å². The quantitative estimate of drug-likeness (QED) is 0.792. The lowest BCUT2D eigenvalue weighted by Crippen LogP contribution is -2.13. The Bertz CT molecular complexity index is 745. The zero-order chi connectivity index (χ0) is 14.1. The normalized spacial score (nSPS) is 12.8. The van der Waals surface area contributed by atoms with Crippen LogP contribution >= 0.6 is 0 Å². The molecule has 0 spiro atoms. The Morgan fingerprint density at radius 2 is 2.15 bits per heavy atom. The molecule has 1 aromatic carbocycles. The van der Waals surface area contributed by atoms with Crippen LogP contribution in [0.3, 0.4) is 0 Å². The van der Waals surface area contributed by atoms with E-state index in [4.69, 9.17) is 5.73 Å². The molecule has 0 radical (unpaired) electrons. The Balaban J connectivity index is 2.05. The van der Waals surface area contributed by atoms with Gasteiger partial charge in [0.05, 0.1) is 17.3 Å². The van der Waals surface area contributed by atoms with Gasteiger partial charge in [0.1, 0.15) is 0 Å². The minimum absolute atomic E-state index is 0.150. The van der Waals surface area contributed by atoms with Crippen LogP contribution in [-0.2, 0) is 13.5 Å². The monoisotopic (exact) mass is 266 g/mol. The van der Waals surface area contributed by atoms with Crippen molar-refractivity contribution in [3.05, 3.63) is 59.5 Å². The predicted octanol–water partition coefficient (Wildman–Crippen LogP) is 2.58. The molecule has 3 aromatic rings. The predicted molar refractivity (Wildman–Crippen MR) is 80.4 cm³/mol. The van der Waals surface area contributed by atoms with Crippen LogP contribution in [0.4, 0.5) is 0 Å². The Morgan fingerprint density at radius 1 is 1.30 bits per heavy atom. The van der Waals surface area contributed by atoms with Crippen LogP contribution in [0.25, 0.3) is 10.9 Å². The maximum atomic E-state index is 6.42. The summed E-state index contributed by atoms with van der Waals surface area (Å²) < 4.78 is 1.83. The molecular formula is C16H18N4. The zero-order valence-electron chi connectivity index (χ0n) is 11.7. The Morgan fingerprint density at radius 3 is 2.95 bits per heavy atom. The van der Waals surface area contributed by atoms with E-state index >= 15 is 0 Å². The van der Waals surface area contributed by atoms with Gasteiger partial charge in [0.25, 0.3) is 0 Å². The first kappa shape index (κ1) is 12.8. The Kier molecular flexibility index (Phi) is 3.24. The first-order valence-corrected chi connectivity index (χ1v) is 6.81. The average molecular weight is 266 g/mol. The highest BCUT2D eigenvalue weighted by molar-refractivity contribution is 5.79. The van der Waals surface area contributed by atoms with Gasteiger partial charge in [0.2, 0.25) is 0 Å². The lowest BCUT2D eigenvalue weighted by Gasteiger charge is -2.12. The number of benzene rings is 1. The highest BCUT2D eigenvalue weighted by Crippen LogP contribution is 2.25. The van der Waals surface area contributed by atoms with Gasteiger partial charge in [0.15, 0.2) is 0 Å². The van der Waals surface area contributed by atoms with E-state index in [2.05, 4.69) is 29.1 Å². The molecule has 1 atom stereocenters. The summed E-state index contributed by atoms with van der Waals surface area (Å²) >= 11 is 0. The van der Waals surface area contributed by atoms with Gasteiger partial charge in [-0.1, -0.05) is 19.1 Å². The van der Waals surface area contributed by atoms with Crippen molar-refractivity contribution in [2.75, 3.05) is 0 Å². The third kappa shape index (κ3) is 2.18. The van der Waals surface area contributed by atoms with Gasteiger partial charge in [-0.3, -0.25) is 9.67 Å². The van der Waals surface area contributed by atoms with Gasteiger partial charge in [-0.15, -0.1) is 0 Å². The summed E-state index contributed by atoms with van der Waals surface area (Å²) in [6, 6.07) is 10.0. The summed E-state index contributed by atoms with van der Waals surface area (Å²) in [5, 5.41) is 5.58. The summed E-state index contributed by atoms with van der Waals surface area (Å²) in [6.45, 7) is 2.10. The van der Waals surface area contributed by atoms with Crippen LogP contribution in [0.2, 0.25) is 0 Å². The number of hydrogen-bond donors (Lipinski definition) is 1. The number of aryl methyl sites for hydroxylation is 2. The third-order valence-electron chi connectivity index (χ3n) is 3.59. The van der Waals surface area contributed by atoms with Crippen molar-refractivity contribution in [2.45, 2.75) is 19.4 Å². The lowest BCUT2D eigenvalue weighted by molar-refractivity contribution is 0.746. The molecule has 0 aliphatic rings. The fraction of sp³-hybridized carbons (Fsp3) is 0.250. The smallest absolute Gasteiger partial charge is 0.0702 e. The maximum Gasteiger partial charge on any atom is 0.0702 e. The largest absolute Gasteiger partial charge is 0.320 e. The molecule has 2 N–H and O–H groups in total. The first-order valence-electron chi connectivity index (χ1n) is 6.81.